The van der Waals surface area contributed by atoms with Gasteiger partial charge in [-0.2, -0.15) is 0 Å². The molecule has 0 radical (unpaired) electrons. The number of rotatable bonds is 4. The molecule has 6 heteroatoms. The normalized spacial score (nSPS) is 23.9. The monoisotopic (exact) mass is 385 g/mol. The highest BCUT2D eigenvalue weighted by atomic mass is 16.5. The molecule has 1 fully saturated rings. The van der Waals surface area contributed by atoms with E-state index in [1.54, 1.807) is 17.2 Å². The number of carbonyl (C=O) groups is 1. The number of fused-ring (bicyclic) bond motifs is 1. The number of aliphatic hydroxyl groups is 1. The van der Waals surface area contributed by atoms with Crippen molar-refractivity contribution in [1.82, 2.24) is 15.2 Å². The van der Waals surface area contributed by atoms with Crippen LogP contribution in [0.3, 0.4) is 0 Å². The average molecular weight is 386 g/mol. The van der Waals surface area contributed by atoms with E-state index in [1.807, 2.05) is 14.0 Å². The topological polar surface area (TPSA) is 74.7 Å². The Morgan fingerprint density at radius 1 is 1.43 bits per heavy atom. The fraction of sp³-hybridized carbons (Fsp3) is 0.636. The number of amides is 1. The fourth-order valence-electron chi connectivity index (χ4n) is 3.87. The zero-order chi connectivity index (χ0) is 20.1. The summed E-state index contributed by atoms with van der Waals surface area (Å²) in [5, 5.41) is 12.8. The highest BCUT2D eigenvalue weighted by Crippen LogP contribution is 2.27. The Morgan fingerprint density at radius 3 is 2.86 bits per heavy atom. The first-order chi connectivity index (χ1) is 13.5. The van der Waals surface area contributed by atoms with Gasteiger partial charge in [-0.1, -0.05) is 31.6 Å². The van der Waals surface area contributed by atoms with Crippen LogP contribution in [0.15, 0.2) is 12.3 Å². The summed E-state index contributed by atoms with van der Waals surface area (Å²) >= 11 is 0. The summed E-state index contributed by atoms with van der Waals surface area (Å²) in [6, 6.07) is 1.51. The van der Waals surface area contributed by atoms with Crippen LogP contribution in [0.4, 0.5) is 0 Å². The number of aromatic nitrogens is 1. The molecule has 0 bridgehead atoms. The number of carbonyl (C=O) groups excluding carboxylic acids is 1. The molecule has 1 saturated carbocycles. The average Bonchev–Trinajstić information content (AvgIpc) is 3.22. The van der Waals surface area contributed by atoms with E-state index < -0.39 is 0 Å². The van der Waals surface area contributed by atoms with Crippen molar-refractivity contribution in [3.05, 3.63) is 23.4 Å². The molecule has 152 valence electrons. The second-order valence-corrected chi connectivity index (χ2v) is 8.01. The third kappa shape index (κ3) is 4.65. The predicted octanol–water partition coefficient (Wildman–Crippen LogP) is 2.06. The SMILES string of the molecule is CNC[C@H]1Oc2ncc(C#CC3CCCC3)cc2C(=O)N([C@H](C)CO)C[C@H]1C. The van der Waals surface area contributed by atoms with E-state index in [0.29, 0.717) is 30.5 Å². The molecule has 2 aliphatic rings. The Kier molecular flexibility index (Phi) is 6.93. The van der Waals surface area contributed by atoms with Crippen molar-refractivity contribution in [3.63, 3.8) is 0 Å². The molecule has 1 aromatic rings. The van der Waals surface area contributed by atoms with Crippen LogP contribution in [0.2, 0.25) is 0 Å². The van der Waals surface area contributed by atoms with Gasteiger partial charge in [0.05, 0.1) is 12.6 Å². The molecule has 0 spiro atoms. The quantitative estimate of drug-likeness (QED) is 0.776. The largest absolute Gasteiger partial charge is 0.472 e. The van der Waals surface area contributed by atoms with Gasteiger partial charge in [0.25, 0.3) is 5.91 Å². The van der Waals surface area contributed by atoms with Crippen LogP contribution in [-0.4, -0.2) is 59.8 Å². The zero-order valence-corrected chi connectivity index (χ0v) is 17.1. The van der Waals surface area contributed by atoms with Gasteiger partial charge in [-0.15, -0.1) is 0 Å². The number of pyridine rings is 1. The molecule has 2 heterocycles. The second kappa shape index (κ2) is 9.40. The Morgan fingerprint density at radius 2 is 2.18 bits per heavy atom. The van der Waals surface area contributed by atoms with Crippen molar-refractivity contribution >= 4 is 5.91 Å². The van der Waals surface area contributed by atoms with Crippen molar-refractivity contribution in [2.45, 2.75) is 51.7 Å². The second-order valence-electron chi connectivity index (χ2n) is 8.01. The molecule has 1 amide bonds. The molecule has 1 aliphatic heterocycles. The molecular weight excluding hydrogens is 354 g/mol. The maximum atomic E-state index is 13.2. The van der Waals surface area contributed by atoms with Gasteiger partial charge >= 0.3 is 0 Å². The van der Waals surface area contributed by atoms with Crippen molar-refractivity contribution in [3.8, 4) is 17.7 Å². The van der Waals surface area contributed by atoms with Crippen LogP contribution in [0.5, 0.6) is 5.88 Å². The first-order valence-electron chi connectivity index (χ1n) is 10.3. The van der Waals surface area contributed by atoms with Crippen LogP contribution >= 0.6 is 0 Å². The number of hydrogen-bond donors (Lipinski definition) is 2. The summed E-state index contributed by atoms with van der Waals surface area (Å²) in [4.78, 5) is 19.4. The van der Waals surface area contributed by atoms with Crippen molar-refractivity contribution in [1.29, 1.82) is 0 Å². The molecule has 1 aliphatic carbocycles. The van der Waals surface area contributed by atoms with E-state index in [9.17, 15) is 9.90 Å². The number of nitrogens with one attached hydrogen (secondary N) is 1. The smallest absolute Gasteiger partial charge is 0.259 e. The van der Waals surface area contributed by atoms with Crippen LogP contribution in [0.1, 0.15) is 55.5 Å². The number of aliphatic hydroxyl groups excluding tert-OH is 1. The Labute approximate surface area is 167 Å². The first-order valence-corrected chi connectivity index (χ1v) is 10.3. The van der Waals surface area contributed by atoms with Gasteiger partial charge < -0.3 is 20.1 Å². The van der Waals surface area contributed by atoms with Crippen LogP contribution in [0, 0.1) is 23.7 Å². The first kappa shape index (κ1) is 20.6. The molecule has 1 aromatic heterocycles. The summed E-state index contributed by atoms with van der Waals surface area (Å²) in [5.41, 5.74) is 1.16. The van der Waals surface area contributed by atoms with Gasteiger partial charge in [0.15, 0.2) is 0 Å². The summed E-state index contributed by atoms with van der Waals surface area (Å²) in [7, 11) is 1.88. The van der Waals surface area contributed by atoms with E-state index in [0.717, 1.165) is 18.4 Å². The lowest BCUT2D eigenvalue weighted by Crippen LogP contribution is -2.49. The number of nitrogens with zero attached hydrogens (tertiary/aromatic N) is 2. The Hall–Kier alpha value is -2.10. The minimum Gasteiger partial charge on any atom is -0.472 e. The van der Waals surface area contributed by atoms with E-state index in [2.05, 4.69) is 29.1 Å². The van der Waals surface area contributed by atoms with Crippen molar-refractivity contribution in [2.75, 3.05) is 26.7 Å². The molecule has 0 aromatic carbocycles. The van der Waals surface area contributed by atoms with Crippen LogP contribution < -0.4 is 10.1 Å². The lowest BCUT2D eigenvalue weighted by molar-refractivity contribution is 0.0404. The molecule has 3 atom stereocenters. The molecule has 28 heavy (non-hydrogen) atoms. The third-order valence-electron chi connectivity index (χ3n) is 5.70. The molecule has 3 rings (SSSR count). The Bertz CT molecular complexity index is 749. The van der Waals surface area contributed by atoms with Gasteiger partial charge in [-0.3, -0.25) is 4.79 Å². The van der Waals surface area contributed by atoms with Gasteiger partial charge in [0.2, 0.25) is 5.88 Å². The third-order valence-corrected chi connectivity index (χ3v) is 5.70. The molecule has 6 nitrogen and oxygen atoms in total. The highest BCUT2D eigenvalue weighted by molar-refractivity contribution is 5.97. The van der Waals surface area contributed by atoms with E-state index >= 15 is 0 Å². The standard InChI is InChI=1S/C22H31N3O3/c1-15-13-25(16(2)14-26)22(27)19-10-18(9-8-17-6-4-5-7-17)11-24-21(19)28-20(15)12-23-3/h10-11,15-17,20,23,26H,4-7,12-14H2,1-3H3/t15-,16-,20-/m1/s1. The molecule has 0 unspecified atom stereocenters. The van der Waals surface area contributed by atoms with Crippen LogP contribution in [0.25, 0.3) is 0 Å². The number of hydrogen-bond acceptors (Lipinski definition) is 5. The highest BCUT2D eigenvalue weighted by Gasteiger charge is 2.33. The zero-order valence-electron chi connectivity index (χ0n) is 17.1. The molecule has 0 saturated heterocycles. The van der Waals surface area contributed by atoms with Crippen molar-refractivity contribution in [2.24, 2.45) is 11.8 Å². The lowest BCUT2D eigenvalue weighted by Gasteiger charge is -2.36. The van der Waals surface area contributed by atoms with Crippen molar-refractivity contribution < 1.29 is 14.6 Å². The minimum atomic E-state index is -0.274. The summed E-state index contributed by atoms with van der Waals surface area (Å²) in [5.74, 6) is 7.25. The van der Waals surface area contributed by atoms with E-state index in [1.165, 1.54) is 12.8 Å². The van der Waals surface area contributed by atoms with Gasteiger partial charge in [-0.25, -0.2) is 4.98 Å². The summed E-state index contributed by atoms with van der Waals surface area (Å²) in [6.45, 7) is 5.00. The number of ether oxygens (including phenoxy) is 1. The van der Waals surface area contributed by atoms with Gasteiger partial charge in [0, 0.05) is 36.7 Å². The van der Waals surface area contributed by atoms with Gasteiger partial charge in [-0.05, 0) is 32.9 Å². The number of likely N-dealkylation sites (N-methyl/N-ethyl adjacent to an activating group) is 1. The molecular formula is C22H31N3O3. The maximum Gasteiger partial charge on any atom is 0.259 e. The van der Waals surface area contributed by atoms with E-state index in [-0.39, 0.29) is 30.6 Å². The fourth-order valence-corrected chi connectivity index (χ4v) is 3.87. The minimum absolute atomic E-state index is 0.0834. The lowest BCUT2D eigenvalue weighted by atomic mass is 10.00. The Balaban J connectivity index is 1.95. The van der Waals surface area contributed by atoms with Crippen LogP contribution in [-0.2, 0) is 0 Å². The summed E-state index contributed by atoms with van der Waals surface area (Å²) < 4.78 is 6.12. The maximum absolute atomic E-state index is 13.2. The summed E-state index contributed by atoms with van der Waals surface area (Å²) in [6.07, 6.45) is 6.36. The van der Waals surface area contributed by atoms with Gasteiger partial charge in [0.1, 0.15) is 11.7 Å². The predicted molar refractivity (Wildman–Crippen MR) is 108 cm³/mol. The van der Waals surface area contributed by atoms with E-state index in [4.69, 9.17) is 4.74 Å². The molecule has 2 N–H and O–H groups in total.